The summed E-state index contributed by atoms with van der Waals surface area (Å²) in [5.41, 5.74) is 3.83. The van der Waals surface area contributed by atoms with Gasteiger partial charge in [0.25, 0.3) is 11.8 Å². The quantitative estimate of drug-likeness (QED) is 0.382. The summed E-state index contributed by atoms with van der Waals surface area (Å²) in [6.07, 6.45) is 0. The van der Waals surface area contributed by atoms with Crippen molar-refractivity contribution in [2.75, 3.05) is 43.4 Å². The van der Waals surface area contributed by atoms with Crippen LogP contribution in [0.5, 0.6) is 5.75 Å². The van der Waals surface area contributed by atoms with E-state index in [1.807, 2.05) is 55.5 Å². The Balaban J connectivity index is 1.30. The number of carbonyl (C=O) groups is 2. The molecule has 0 unspecified atom stereocenters. The second-order valence-corrected chi connectivity index (χ2v) is 8.52. The number of nitrogens with zero attached hydrogens (tertiary/aromatic N) is 2. The van der Waals surface area contributed by atoms with E-state index in [4.69, 9.17) is 4.74 Å². The summed E-state index contributed by atoms with van der Waals surface area (Å²) >= 11 is 0. The molecule has 2 aliphatic rings. The van der Waals surface area contributed by atoms with Crippen molar-refractivity contribution in [1.82, 2.24) is 10.6 Å². The number of rotatable bonds is 8. The Morgan fingerprint density at radius 2 is 1.32 bits per heavy atom. The number of ether oxygens (including phenoxy) is 1. The minimum Gasteiger partial charge on any atom is -0.493 e. The summed E-state index contributed by atoms with van der Waals surface area (Å²) in [5, 5.41) is 12.2. The van der Waals surface area contributed by atoms with E-state index in [9.17, 15) is 9.59 Å². The lowest BCUT2D eigenvalue weighted by Gasteiger charge is -2.13. The topological polar surface area (TPSA) is 116 Å². The summed E-state index contributed by atoms with van der Waals surface area (Å²) in [5.74, 6) is 1.44. The van der Waals surface area contributed by atoms with Crippen molar-refractivity contribution in [1.29, 1.82) is 0 Å². The number of hydrogen-bond donors (Lipinski definition) is 4. The number of aliphatic imine (C=N–C) groups is 2. The van der Waals surface area contributed by atoms with E-state index in [0.717, 1.165) is 49.0 Å². The summed E-state index contributed by atoms with van der Waals surface area (Å²) in [6, 6.07) is 19.8. The molecule has 0 spiro atoms. The third-order valence-electron chi connectivity index (χ3n) is 5.97. The number of nitrogens with one attached hydrogen (secondary N) is 4. The third kappa shape index (κ3) is 5.61. The highest BCUT2D eigenvalue weighted by Gasteiger charge is 2.18. The van der Waals surface area contributed by atoms with Crippen LogP contribution in [0.3, 0.4) is 0 Å². The van der Waals surface area contributed by atoms with Crippen molar-refractivity contribution in [3.05, 3.63) is 89.0 Å². The van der Waals surface area contributed by atoms with E-state index in [1.165, 1.54) is 0 Å². The molecule has 9 nitrogen and oxygen atoms in total. The van der Waals surface area contributed by atoms with Gasteiger partial charge in [-0.3, -0.25) is 19.6 Å². The number of amidine groups is 2. The van der Waals surface area contributed by atoms with Gasteiger partial charge < -0.3 is 26.0 Å². The zero-order chi connectivity index (χ0) is 25.6. The first kappa shape index (κ1) is 24.1. The van der Waals surface area contributed by atoms with Crippen LogP contribution >= 0.6 is 0 Å². The molecule has 4 N–H and O–H groups in total. The standard InChI is InChI=1S/C28H28N6O3/c1-2-37-24-12-7-20(27(35)33-21-8-3-18(4-9-21)25-29-13-14-30-25)17-23(24)28(36)34-22-10-5-19(6-11-22)26-31-15-16-32-26/h3-12,17H,2,13-16H2,1H3,(H,29,30)(H,31,32)(H,33,35)(H,34,36). The van der Waals surface area contributed by atoms with Crippen molar-refractivity contribution < 1.29 is 14.3 Å². The summed E-state index contributed by atoms with van der Waals surface area (Å²) in [6.45, 7) is 5.42. The summed E-state index contributed by atoms with van der Waals surface area (Å²) < 4.78 is 5.66. The van der Waals surface area contributed by atoms with Gasteiger partial charge in [-0.15, -0.1) is 0 Å². The van der Waals surface area contributed by atoms with Crippen molar-refractivity contribution in [3.63, 3.8) is 0 Å². The van der Waals surface area contributed by atoms with Crippen molar-refractivity contribution in [2.24, 2.45) is 9.98 Å². The molecule has 2 heterocycles. The SMILES string of the molecule is CCOc1ccc(C(=O)Nc2ccc(C3=NCCN3)cc2)cc1C(=O)Nc1ccc(C2=NCCN2)cc1. The maximum Gasteiger partial charge on any atom is 0.259 e. The second kappa shape index (κ2) is 10.9. The molecule has 2 amide bonds. The Morgan fingerprint density at radius 1 is 0.784 bits per heavy atom. The predicted octanol–water partition coefficient (Wildman–Crippen LogP) is 3.29. The fourth-order valence-electron chi connectivity index (χ4n) is 4.14. The fraction of sp³-hybridized carbons (Fsp3) is 0.214. The van der Waals surface area contributed by atoms with Gasteiger partial charge in [0.1, 0.15) is 17.4 Å². The Labute approximate surface area is 215 Å². The first-order valence-corrected chi connectivity index (χ1v) is 12.3. The van der Waals surface area contributed by atoms with Gasteiger partial charge in [-0.05, 0) is 73.7 Å². The highest BCUT2D eigenvalue weighted by atomic mass is 16.5. The molecule has 0 saturated heterocycles. The molecule has 188 valence electrons. The average Bonchev–Trinajstić information content (AvgIpc) is 3.65. The molecule has 0 radical (unpaired) electrons. The Kier molecular flexibility index (Phi) is 7.12. The van der Waals surface area contributed by atoms with Crippen LogP contribution in [0.2, 0.25) is 0 Å². The number of hydrogen-bond acceptors (Lipinski definition) is 7. The van der Waals surface area contributed by atoms with Gasteiger partial charge in [-0.2, -0.15) is 0 Å². The van der Waals surface area contributed by atoms with E-state index in [2.05, 4.69) is 31.3 Å². The number of benzene rings is 3. The molecule has 0 fully saturated rings. The third-order valence-corrected chi connectivity index (χ3v) is 5.97. The number of anilines is 2. The Hall–Kier alpha value is -4.66. The zero-order valence-electron chi connectivity index (χ0n) is 20.5. The van der Waals surface area contributed by atoms with E-state index >= 15 is 0 Å². The lowest BCUT2D eigenvalue weighted by atomic mass is 10.1. The van der Waals surface area contributed by atoms with Crippen LogP contribution < -0.4 is 26.0 Å². The van der Waals surface area contributed by atoms with Crippen LogP contribution in [0, 0.1) is 0 Å². The molecule has 37 heavy (non-hydrogen) atoms. The van der Waals surface area contributed by atoms with E-state index in [1.54, 1.807) is 18.2 Å². The van der Waals surface area contributed by atoms with Crippen LogP contribution in [0.4, 0.5) is 11.4 Å². The van der Waals surface area contributed by atoms with Gasteiger partial charge in [-0.25, -0.2) is 0 Å². The molecule has 3 aromatic carbocycles. The Morgan fingerprint density at radius 3 is 1.81 bits per heavy atom. The van der Waals surface area contributed by atoms with Crippen LogP contribution in [0.15, 0.2) is 76.7 Å². The fourth-order valence-corrected chi connectivity index (χ4v) is 4.14. The maximum atomic E-state index is 13.2. The average molecular weight is 497 g/mol. The first-order valence-electron chi connectivity index (χ1n) is 12.3. The molecular weight excluding hydrogens is 468 g/mol. The predicted molar refractivity (Wildman–Crippen MR) is 145 cm³/mol. The highest BCUT2D eigenvalue weighted by molar-refractivity contribution is 6.10. The van der Waals surface area contributed by atoms with Gasteiger partial charge in [0.05, 0.1) is 25.3 Å². The van der Waals surface area contributed by atoms with E-state index in [0.29, 0.717) is 29.3 Å². The molecule has 3 aromatic rings. The second-order valence-electron chi connectivity index (χ2n) is 8.52. The summed E-state index contributed by atoms with van der Waals surface area (Å²) in [7, 11) is 0. The van der Waals surface area contributed by atoms with Gasteiger partial charge >= 0.3 is 0 Å². The molecule has 9 heteroatoms. The Bertz CT molecular complexity index is 1360. The minimum atomic E-state index is -0.364. The van der Waals surface area contributed by atoms with E-state index in [-0.39, 0.29) is 17.4 Å². The number of carbonyl (C=O) groups excluding carboxylic acids is 2. The van der Waals surface area contributed by atoms with Gasteiger partial charge in [0.15, 0.2) is 0 Å². The molecule has 0 aromatic heterocycles. The van der Waals surface area contributed by atoms with Crippen molar-refractivity contribution in [2.45, 2.75) is 6.92 Å². The molecule has 0 saturated carbocycles. The monoisotopic (exact) mass is 496 g/mol. The van der Waals surface area contributed by atoms with Crippen LogP contribution in [0.25, 0.3) is 0 Å². The maximum absolute atomic E-state index is 13.2. The van der Waals surface area contributed by atoms with Gasteiger partial charge in [0.2, 0.25) is 0 Å². The van der Waals surface area contributed by atoms with Gasteiger partial charge in [0, 0.05) is 41.2 Å². The molecule has 5 rings (SSSR count). The molecular formula is C28H28N6O3. The highest BCUT2D eigenvalue weighted by Crippen LogP contribution is 2.23. The number of amides is 2. The largest absolute Gasteiger partial charge is 0.493 e. The van der Waals surface area contributed by atoms with Crippen LogP contribution in [0.1, 0.15) is 38.8 Å². The lowest BCUT2D eigenvalue weighted by Crippen LogP contribution is -2.20. The van der Waals surface area contributed by atoms with Crippen LogP contribution in [-0.2, 0) is 0 Å². The lowest BCUT2D eigenvalue weighted by molar-refractivity contribution is 0.102. The minimum absolute atomic E-state index is 0.279. The normalized spacial score (nSPS) is 14.2. The van der Waals surface area contributed by atoms with Gasteiger partial charge in [-0.1, -0.05) is 0 Å². The molecule has 0 aliphatic carbocycles. The molecule has 0 atom stereocenters. The first-order chi connectivity index (χ1) is 18.1. The zero-order valence-corrected chi connectivity index (χ0v) is 20.5. The molecule has 0 bridgehead atoms. The summed E-state index contributed by atoms with van der Waals surface area (Å²) in [4.78, 5) is 35.0. The van der Waals surface area contributed by atoms with Crippen molar-refractivity contribution >= 4 is 34.9 Å². The van der Waals surface area contributed by atoms with Crippen LogP contribution in [-0.4, -0.2) is 56.3 Å². The molecule has 2 aliphatic heterocycles. The van der Waals surface area contributed by atoms with Crippen molar-refractivity contribution in [3.8, 4) is 5.75 Å². The smallest absolute Gasteiger partial charge is 0.259 e. The van der Waals surface area contributed by atoms with E-state index < -0.39 is 0 Å².